The summed E-state index contributed by atoms with van der Waals surface area (Å²) in [5.41, 5.74) is 7.50. The molecule has 2 unspecified atom stereocenters. The molecule has 1 fully saturated rings. The van der Waals surface area contributed by atoms with Gasteiger partial charge in [0.1, 0.15) is 10.8 Å². The Morgan fingerprint density at radius 2 is 2.28 bits per heavy atom. The molecule has 98 valence electrons. The van der Waals surface area contributed by atoms with E-state index in [-0.39, 0.29) is 0 Å². The van der Waals surface area contributed by atoms with Crippen molar-refractivity contribution >= 4 is 23.0 Å². The lowest BCUT2D eigenvalue weighted by molar-refractivity contribution is 0.536. The lowest BCUT2D eigenvalue weighted by Crippen LogP contribution is -2.15. The average molecular weight is 263 g/mol. The molecule has 0 aromatic carbocycles. The molecule has 18 heavy (non-hydrogen) atoms. The van der Waals surface area contributed by atoms with Crippen LogP contribution in [-0.2, 0) is 0 Å². The van der Waals surface area contributed by atoms with E-state index < -0.39 is 0 Å². The summed E-state index contributed by atoms with van der Waals surface area (Å²) in [5, 5.41) is 3.42. The summed E-state index contributed by atoms with van der Waals surface area (Å²) in [5.74, 6) is 2.53. The number of nitrogens with one attached hydrogen (secondary N) is 1. The Kier molecular flexibility index (Phi) is 4.17. The number of pyridine rings is 1. The van der Waals surface area contributed by atoms with Crippen LogP contribution in [0.1, 0.15) is 37.4 Å². The van der Waals surface area contributed by atoms with Gasteiger partial charge in [0.05, 0.1) is 0 Å². The predicted octanol–water partition coefficient (Wildman–Crippen LogP) is 2.87. The molecule has 3 N–H and O–H groups in total. The van der Waals surface area contributed by atoms with Crippen LogP contribution in [0.2, 0.25) is 0 Å². The van der Waals surface area contributed by atoms with Gasteiger partial charge in [-0.2, -0.15) is 0 Å². The Labute approximate surface area is 114 Å². The van der Waals surface area contributed by atoms with E-state index in [0.29, 0.717) is 4.99 Å². The molecule has 1 aromatic heterocycles. The van der Waals surface area contributed by atoms with Gasteiger partial charge in [-0.1, -0.05) is 25.6 Å². The second-order valence-corrected chi connectivity index (χ2v) is 5.85. The van der Waals surface area contributed by atoms with Crippen molar-refractivity contribution in [3.05, 3.63) is 23.4 Å². The highest BCUT2D eigenvalue weighted by molar-refractivity contribution is 7.80. The zero-order valence-electron chi connectivity index (χ0n) is 11.1. The summed E-state index contributed by atoms with van der Waals surface area (Å²) < 4.78 is 0. The third-order valence-corrected chi connectivity index (χ3v) is 3.85. The van der Waals surface area contributed by atoms with Crippen LogP contribution in [0, 0.1) is 18.8 Å². The third kappa shape index (κ3) is 3.42. The Morgan fingerprint density at radius 1 is 1.50 bits per heavy atom. The van der Waals surface area contributed by atoms with Crippen molar-refractivity contribution in [1.29, 1.82) is 0 Å². The van der Waals surface area contributed by atoms with Crippen LogP contribution in [0.5, 0.6) is 0 Å². The highest BCUT2D eigenvalue weighted by Gasteiger charge is 2.20. The molecule has 2 rings (SSSR count). The minimum absolute atomic E-state index is 0.429. The first-order valence-electron chi connectivity index (χ1n) is 6.57. The molecular formula is C14H21N3S. The number of aryl methyl sites for hydroxylation is 1. The van der Waals surface area contributed by atoms with Crippen LogP contribution in [0.4, 0.5) is 5.82 Å². The summed E-state index contributed by atoms with van der Waals surface area (Å²) >= 11 is 5.01. The number of anilines is 1. The van der Waals surface area contributed by atoms with Gasteiger partial charge in [0.2, 0.25) is 0 Å². The molecule has 0 aliphatic heterocycles. The van der Waals surface area contributed by atoms with Gasteiger partial charge in [-0.25, -0.2) is 4.98 Å². The van der Waals surface area contributed by atoms with Crippen LogP contribution >= 0.6 is 12.2 Å². The normalized spacial score (nSPS) is 23.0. The van der Waals surface area contributed by atoms with Gasteiger partial charge >= 0.3 is 0 Å². The highest BCUT2D eigenvalue weighted by Crippen LogP contribution is 2.30. The second kappa shape index (κ2) is 5.65. The quantitative estimate of drug-likeness (QED) is 0.820. The van der Waals surface area contributed by atoms with Crippen LogP contribution in [0.15, 0.2) is 12.1 Å². The Hall–Kier alpha value is -1.16. The van der Waals surface area contributed by atoms with Crippen molar-refractivity contribution in [2.45, 2.75) is 33.1 Å². The minimum Gasteiger partial charge on any atom is -0.389 e. The molecular weight excluding hydrogens is 242 g/mol. The molecule has 3 nitrogen and oxygen atoms in total. The Bertz CT molecular complexity index is 445. The van der Waals surface area contributed by atoms with Crippen LogP contribution in [-0.4, -0.2) is 16.5 Å². The predicted molar refractivity (Wildman–Crippen MR) is 79.9 cm³/mol. The van der Waals surface area contributed by atoms with Gasteiger partial charge in [0.25, 0.3) is 0 Å². The number of hydrogen-bond donors (Lipinski definition) is 2. The zero-order valence-corrected chi connectivity index (χ0v) is 11.9. The van der Waals surface area contributed by atoms with Crippen LogP contribution in [0.3, 0.4) is 0 Å². The molecule has 0 bridgehead atoms. The Balaban J connectivity index is 1.98. The summed E-state index contributed by atoms with van der Waals surface area (Å²) in [6.45, 7) is 5.29. The maximum Gasteiger partial charge on any atom is 0.126 e. The van der Waals surface area contributed by atoms with E-state index in [1.54, 1.807) is 0 Å². The first-order valence-corrected chi connectivity index (χ1v) is 6.98. The molecule has 1 aromatic rings. The number of hydrogen-bond acceptors (Lipinski definition) is 3. The summed E-state index contributed by atoms with van der Waals surface area (Å²) in [6, 6.07) is 3.86. The molecule has 4 heteroatoms. The molecule has 0 saturated heterocycles. The summed E-state index contributed by atoms with van der Waals surface area (Å²) in [4.78, 5) is 4.90. The minimum atomic E-state index is 0.429. The van der Waals surface area contributed by atoms with E-state index >= 15 is 0 Å². The van der Waals surface area contributed by atoms with Crippen molar-refractivity contribution in [2.24, 2.45) is 17.6 Å². The number of thiocarbonyl (C=S) groups is 1. The molecule has 1 saturated carbocycles. The van der Waals surface area contributed by atoms with Crippen molar-refractivity contribution in [3.8, 4) is 0 Å². The fourth-order valence-corrected chi connectivity index (χ4v) is 2.78. The van der Waals surface area contributed by atoms with Crippen LogP contribution < -0.4 is 11.1 Å². The van der Waals surface area contributed by atoms with Gasteiger partial charge < -0.3 is 11.1 Å². The van der Waals surface area contributed by atoms with E-state index in [2.05, 4.69) is 17.2 Å². The highest BCUT2D eigenvalue weighted by atomic mass is 32.1. The largest absolute Gasteiger partial charge is 0.389 e. The smallest absolute Gasteiger partial charge is 0.126 e. The lowest BCUT2D eigenvalue weighted by atomic mass is 10.1. The first kappa shape index (κ1) is 13.3. The second-order valence-electron chi connectivity index (χ2n) is 5.41. The lowest BCUT2D eigenvalue weighted by Gasteiger charge is -2.13. The molecule has 0 amide bonds. The van der Waals surface area contributed by atoms with E-state index in [1.807, 2.05) is 19.1 Å². The fourth-order valence-electron chi connectivity index (χ4n) is 2.66. The molecule has 0 radical (unpaired) electrons. The van der Waals surface area contributed by atoms with Gasteiger partial charge in [-0.3, -0.25) is 0 Å². The third-order valence-electron chi connectivity index (χ3n) is 3.61. The van der Waals surface area contributed by atoms with Gasteiger partial charge in [0, 0.05) is 17.8 Å². The summed E-state index contributed by atoms with van der Waals surface area (Å²) in [7, 11) is 0. The Morgan fingerprint density at radius 3 is 2.89 bits per heavy atom. The van der Waals surface area contributed by atoms with Gasteiger partial charge in [-0.05, 0) is 43.7 Å². The van der Waals surface area contributed by atoms with E-state index in [1.165, 1.54) is 19.3 Å². The molecule has 2 atom stereocenters. The van der Waals surface area contributed by atoms with Crippen molar-refractivity contribution < 1.29 is 0 Å². The molecule has 1 aliphatic carbocycles. The maximum atomic E-state index is 5.66. The SMILES string of the molecule is Cc1cc(C(N)=S)cc(NCC2CCC(C)C2)n1. The molecule has 1 aliphatic rings. The number of nitrogens with zero attached hydrogens (tertiary/aromatic N) is 1. The van der Waals surface area contributed by atoms with Crippen molar-refractivity contribution in [1.82, 2.24) is 4.98 Å². The van der Waals surface area contributed by atoms with Crippen molar-refractivity contribution in [2.75, 3.05) is 11.9 Å². The monoisotopic (exact) mass is 263 g/mol. The van der Waals surface area contributed by atoms with E-state index in [4.69, 9.17) is 18.0 Å². The van der Waals surface area contributed by atoms with Gasteiger partial charge in [0.15, 0.2) is 0 Å². The average Bonchev–Trinajstić information content (AvgIpc) is 2.72. The number of aromatic nitrogens is 1. The fraction of sp³-hybridized carbons (Fsp3) is 0.571. The maximum absolute atomic E-state index is 5.66. The molecule has 0 spiro atoms. The molecule has 1 heterocycles. The summed E-state index contributed by atoms with van der Waals surface area (Å²) in [6.07, 6.45) is 3.99. The number of rotatable bonds is 4. The van der Waals surface area contributed by atoms with Crippen LogP contribution in [0.25, 0.3) is 0 Å². The van der Waals surface area contributed by atoms with Gasteiger partial charge in [-0.15, -0.1) is 0 Å². The van der Waals surface area contributed by atoms with E-state index in [9.17, 15) is 0 Å². The van der Waals surface area contributed by atoms with E-state index in [0.717, 1.165) is 35.5 Å². The topological polar surface area (TPSA) is 50.9 Å². The number of nitrogens with two attached hydrogens (primary N) is 1. The standard InChI is InChI=1S/C14H21N3S/c1-9-3-4-11(5-9)8-16-13-7-12(14(15)18)6-10(2)17-13/h6-7,9,11H,3-5,8H2,1-2H3,(H2,15,18)(H,16,17). The zero-order chi connectivity index (χ0) is 13.1. The first-order chi connectivity index (χ1) is 8.54. The van der Waals surface area contributed by atoms with Crippen molar-refractivity contribution in [3.63, 3.8) is 0 Å².